The second-order valence-electron chi connectivity index (χ2n) is 6.15. The van der Waals surface area contributed by atoms with Gasteiger partial charge in [-0.05, 0) is 6.04 Å². The van der Waals surface area contributed by atoms with Crippen LogP contribution in [0.1, 0.15) is 0 Å². The van der Waals surface area contributed by atoms with E-state index in [1.54, 1.807) is 21.7 Å². The third-order valence-electron chi connectivity index (χ3n) is 3.20. The monoisotopic (exact) mass is 324 g/mol. The van der Waals surface area contributed by atoms with Crippen LogP contribution in [0.2, 0.25) is 30.8 Å². The van der Waals surface area contributed by atoms with Gasteiger partial charge in [-0.3, -0.25) is 4.40 Å². The van der Waals surface area contributed by atoms with Crippen LogP contribution in [0.3, 0.4) is 0 Å². The number of hydrogen-bond donors (Lipinski definition) is 0. The number of imidazole rings is 1. The zero-order valence-corrected chi connectivity index (χ0v) is 14.0. The van der Waals surface area contributed by atoms with E-state index in [9.17, 15) is 0 Å². The first-order valence-corrected chi connectivity index (χ1v) is 10.8. The molecule has 0 fully saturated rings. The summed E-state index contributed by atoms with van der Waals surface area (Å²) in [5.74, 6) is 0. The normalized spacial score (nSPS) is 12.6. The summed E-state index contributed by atoms with van der Waals surface area (Å²) in [6, 6.07) is 1.12. The SMILES string of the molecule is C[Si](C)(C)CCOCn1nnc2c1ncn1cnc(Cl)c21. The van der Waals surface area contributed by atoms with Crippen molar-refractivity contribution in [3.8, 4) is 0 Å². The van der Waals surface area contributed by atoms with Crippen molar-refractivity contribution < 1.29 is 4.74 Å². The highest BCUT2D eigenvalue weighted by Gasteiger charge is 2.15. The molecule has 3 aromatic rings. The lowest BCUT2D eigenvalue weighted by Crippen LogP contribution is -2.22. The van der Waals surface area contributed by atoms with Crippen LogP contribution in [0.4, 0.5) is 0 Å². The molecule has 0 amide bonds. The summed E-state index contributed by atoms with van der Waals surface area (Å²) in [6.07, 6.45) is 3.26. The Labute approximate surface area is 127 Å². The standard InChI is InChI=1S/C12H17ClN6OSi/c1-21(2,3)5-4-20-8-19-12-9(16-17-19)10-11(13)14-6-18(10)7-15-12/h6-7H,4-5,8H2,1-3H3. The number of rotatable bonds is 5. The molecule has 21 heavy (non-hydrogen) atoms. The van der Waals surface area contributed by atoms with Crippen LogP contribution < -0.4 is 0 Å². The van der Waals surface area contributed by atoms with Gasteiger partial charge in [-0.15, -0.1) is 5.10 Å². The molecule has 0 unspecified atom stereocenters. The molecule has 0 aromatic carbocycles. The fourth-order valence-corrected chi connectivity index (χ4v) is 2.96. The van der Waals surface area contributed by atoms with Gasteiger partial charge in [-0.1, -0.05) is 36.5 Å². The first kappa shape index (κ1) is 14.4. The van der Waals surface area contributed by atoms with Crippen molar-refractivity contribution in [1.82, 2.24) is 29.4 Å². The molecule has 0 radical (unpaired) electrons. The fraction of sp³-hybridized carbons (Fsp3) is 0.500. The molecule has 0 saturated carbocycles. The van der Waals surface area contributed by atoms with E-state index >= 15 is 0 Å². The molecule has 9 heteroatoms. The van der Waals surface area contributed by atoms with E-state index in [4.69, 9.17) is 16.3 Å². The Morgan fingerprint density at radius 3 is 2.76 bits per heavy atom. The van der Waals surface area contributed by atoms with Crippen LogP contribution >= 0.6 is 11.6 Å². The molecule has 3 heterocycles. The molecule has 0 aliphatic heterocycles. The summed E-state index contributed by atoms with van der Waals surface area (Å²) in [7, 11) is -1.08. The Bertz CT molecular complexity index is 777. The maximum atomic E-state index is 6.07. The van der Waals surface area contributed by atoms with E-state index in [2.05, 4.69) is 39.9 Å². The van der Waals surface area contributed by atoms with E-state index < -0.39 is 8.07 Å². The summed E-state index contributed by atoms with van der Waals surface area (Å²) in [6.45, 7) is 8.03. The van der Waals surface area contributed by atoms with Crippen molar-refractivity contribution >= 4 is 36.4 Å². The number of ether oxygens (including phenoxy) is 1. The number of halogens is 1. The second kappa shape index (κ2) is 5.36. The zero-order valence-electron chi connectivity index (χ0n) is 12.2. The number of nitrogens with zero attached hydrogens (tertiary/aromatic N) is 6. The van der Waals surface area contributed by atoms with Gasteiger partial charge in [0.05, 0.1) is 0 Å². The molecule has 0 saturated heterocycles. The smallest absolute Gasteiger partial charge is 0.184 e. The van der Waals surface area contributed by atoms with Gasteiger partial charge in [-0.25, -0.2) is 14.6 Å². The Kier molecular flexibility index (Phi) is 3.68. The van der Waals surface area contributed by atoms with E-state index in [-0.39, 0.29) is 0 Å². The summed E-state index contributed by atoms with van der Waals surface area (Å²) in [5.41, 5.74) is 2.00. The molecule has 3 rings (SSSR count). The molecule has 0 atom stereocenters. The van der Waals surface area contributed by atoms with E-state index in [1.165, 1.54) is 0 Å². The highest BCUT2D eigenvalue weighted by molar-refractivity contribution is 6.76. The summed E-state index contributed by atoms with van der Waals surface area (Å²) in [5, 5.41) is 8.63. The third kappa shape index (κ3) is 2.92. The Balaban J connectivity index is 1.81. The van der Waals surface area contributed by atoms with E-state index in [1.807, 2.05) is 0 Å². The van der Waals surface area contributed by atoms with Crippen LogP contribution in [0, 0.1) is 0 Å². The fourth-order valence-electron chi connectivity index (χ4n) is 1.97. The second-order valence-corrected chi connectivity index (χ2v) is 12.1. The van der Waals surface area contributed by atoms with Crippen molar-refractivity contribution in [2.75, 3.05) is 6.61 Å². The largest absolute Gasteiger partial charge is 0.359 e. The third-order valence-corrected chi connectivity index (χ3v) is 5.18. The highest BCUT2D eigenvalue weighted by Crippen LogP contribution is 2.21. The predicted octanol–water partition coefficient (Wildman–Crippen LogP) is 2.44. The minimum absolute atomic E-state index is 0.343. The maximum Gasteiger partial charge on any atom is 0.184 e. The number of aromatic nitrogens is 6. The van der Waals surface area contributed by atoms with Gasteiger partial charge in [-0.2, -0.15) is 0 Å². The van der Waals surface area contributed by atoms with Gasteiger partial charge in [0.1, 0.15) is 24.9 Å². The topological polar surface area (TPSA) is 70.1 Å². The van der Waals surface area contributed by atoms with Gasteiger partial charge >= 0.3 is 0 Å². The minimum atomic E-state index is -1.08. The van der Waals surface area contributed by atoms with Crippen LogP contribution in [-0.2, 0) is 11.5 Å². The van der Waals surface area contributed by atoms with Gasteiger partial charge < -0.3 is 4.74 Å². The molecule has 0 N–H and O–H groups in total. The number of hydrogen-bond acceptors (Lipinski definition) is 5. The van der Waals surface area contributed by atoms with E-state index in [0.29, 0.717) is 23.0 Å². The van der Waals surface area contributed by atoms with E-state index in [0.717, 1.165) is 18.2 Å². The summed E-state index contributed by atoms with van der Waals surface area (Å²) < 4.78 is 9.06. The molecule has 0 bridgehead atoms. The van der Waals surface area contributed by atoms with Crippen molar-refractivity contribution in [2.24, 2.45) is 0 Å². The predicted molar refractivity (Wildman–Crippen MR) is 83.2 cm³/mol. The van der Waals surface area contributed by atoms with Crippen molar-refractivity contribution in [1.29, 1.82) is 0 Å². The molecule has 0 spiro atoms. The average Bonchev–Trinajstić information content (AvgIpc) is 2.98. The first-order valence-electron chi connectivity index (χ1n) is 6.74. The van der Waals surface area contributed by atoms with Crippen molar-refractivity contribution in [3.05, 3.63) is 17.8 Å². The minimum Gasteiger partial charge on any atom is -0.359 e. The molecular formula is C12H17ClN6OSi. The van der Waals surface area contributed by atoms with Gasteiger partial charge in [0.25, 0.3) is 0 Å². The Morgan fingerprint density at radius 1 is 1.24 bits per heavy atom. The Morgan fingerprint density at radius 2 is 2.00 bits per heavy atom. The average molecular weight is 325 g/mol. The molecular weight excluding hydrogens is 308 g/mol. The van der Waals surface area contributed by atoms with Crippen molar-refractivity contribution in [3.63, 3.8) is 0 Å². The molecule has 3 aromatic heterocycles. The zero-order chi connectivity index (χ0) is 15.0. The molecule has 0 aliphatic carbocycles. The molecule has 112 valence electrons. The quantitative estimate of drug-likeness (QED) is 0.532. The van der Waals surface area contributed by atoms with Crippen LogP contribution in [0.25, 0.3) is 16.7 Å². The number of fused-ring (bicyclic) bond motifs is 3. The lowest BCUT2D eigenvalue weighted by Gasteiger charge is -2.15. The van der Waals surface area contributed by atoms with Crippen LogP contribution in [0.15, 0.2) is 12.7 Å². The molecule has 7 nitrogen and oxygen atoms in total. The van der Waals surface area contributed by atoms with Crippen LogP contribution in [-0.4, -0.2) is 44.0 Å². The lowest BCUT2D eigenvalue weighted by molar-refractivity contribution is 0.0798. The summed E-state index contributed by atoms with van der Waals surface area (Å²) >= 11 is 6.07. The lowest BCUT2D eigenvalue weighted by atomic mass is 10.4. The molecule has 0 aliphatic rings. The summed E-state index contributed by atoms with van der Waals surface area (Å²) in [4.78, 5) is 8.38. The Hall–Kier alpha value is -1.51. The van der Waals surface area contributed by atoms with Crippen molar-refractivity contribution in [2.45, 2.75) is 32.4 Å². The maximum absolute atomic E-state index is 6.07. The van der Waals surface area contributed by atoms with Gasteiger partial charge in [0, 0.05) is 14.7 Å². The highest BCUT2D eigenvalue weighted by atomic mass is 35.5. The van der Waals surface area contributed by atoms with Gasteiger partial charge in [0.2, 0.25) is 0 Å². The van der Waals surface area contributed by atoms with Gasteiger partial charge in [0.15, 0.2) is 16.3 Å². The first-order chi connectivity index (χ1) is 9.96. The van der Waals surface area contributed by atoms with Crippen LogP contribution in [0.5, 0.6) is 0 Å².